The van der Waals surface area contributed by atoms with E-state index in [9.17, 15) is 9.59 Å². The summed E-state index contributed by atoms with van der Waals surface area (Å²) in [4.78, 5) is 25.3. The van der Waals surface area contributed by atoms with Crippen LogP contribution in [0.4, 0.5) is 10.5 Å². The molecule has 0 saturated heterocycles. The number of rotatable bonds is 9. The molecule has 0 aliphatic rings. The summed E-state index contributed by atoms with van der Waals surface area (Å²) in [6.07, 6.45) is 3.81. The highest BCUT2D eigenvalue weighted by atomic mass is 35.5. The van der Waals surface area contributed by atoms with Crippen LogP contribution in [0.15, 0.2) is 24.3 Å². The monoisotopic (exact) mass is 369 g/mol. The normalized spacial score (nSPS) is 13.0. The van der Waals surface area contributed by atoms with Crippen LogP contribution in [0.1, 0.15) is 56.8 Å². The number of hydrogen-bond acceptors (Lipinski definition) is 4. The molecule has 0 aliphatic carbocycles. The Bertz CT molecular complexity index is 545. The molecule has 0 radical (unpaired) electrons. The van der Waals surface area contributed by atoms with Crippen molar-refractivity contribution < 1.29 is 19.1 Å². The summed E-state index contributed by atoms with van der Waals surface area (Å²) in [5.41, 5.74) is 0.359. The second-order valence-electron chi connectivity index (χ2n) is 6.05. The Labute approximate surface area is 155 Å². The fourth-order valence-electron chi connectivity index (χ4n) is 2.32. The number of carbonyl (C=O) groups is 2. The Morgan fingerprint density at radius 3 is 2.36 bits per heavy atom. The molecule has 1 aromatic carbocycles. The number of carbonyl (C=O) groups excluding carboxylic acids is 2. The van der Waals surface area contributed by atoms with Gasteiger partial charge in [-0.3, -0.25) is 4.90 Å². The number of unbranched alkanes of at least 4 members (excludes halogenated alkanes) is 1. The second kappa shape index (κ2) is 11.0. The molecule has 0 aromatic heterocycles. The van der Waals surface area contributed by atoms with E-state index in [0.29, 0.717) is 23.8 Å². The van der Waals surface area contributed by atoms with Gasteiger partial charge in [0.1, 0.15) is 0 Å². The summed E-state index contributed by atoms with van der Waals surface area (Å²) in [5, 5.41) is 0. The predicted octanol–water partition coefficient (Wildman–Crippen LogP) is 5.22. The highest BCUT2D eigenvalue weighted by molar-refractivity contribution is 6.20. The number of anilines is 1. The largest absolute Gasteiger partial charge is 0.462 e. The summed E-state index contributed by atoms with van der Waals surface area (Å²) in [6, 6.07) is 6.62. The molecule has 2 unspecified atom stereocenters. The SMILES string of the molecule is CCCCC(CC)COC(=O)c1ccc(N(C)C(=O)OC(C)Cl)cc1. The van der Waals surface area contributed by atoms with Crippen LogP contribution in [0.3, 0.4) is 0 Å². The number of esters is 1. The van der Waals surface area contributed by atoms with Gasteiger partial charge in [0.15, 0.2) is 5.56 Å². The highest BCUT2D eigenvalue weighted by Gasteiger charge is 2.16. The maximum absolute atomic E-state index is 12.2. The maximum atomic E-state index is 12.2. The van der Waals surface area contributed by atoms with E-state index in [2.05, 4.69) is 13.8 Å². The standard InChI is InChI=1S/C19H28ClNO4/c1-5-7-8-15(6-2)13-24-18(22)16-9-11-17(12-10-16)21(4)19(23)25-14(3)20/h9-12,14-15H,5-8,13H2,1-4H3. The van der Waals surface area contributed by atoms with E-state index in [4.69, 9.17) is 21.1 Å². The summed E-state index contributed by atoms with van der Waals surface area (Å²) in [7, 11) is 1.58. The molecule has 5 nitrogen and oxygen atoms in total. The van der Waals surface area contributed by atoms with Crippen LogP contribution in [-0.4, -0.2) is 31.3 Å². The van der Waals surface area contributed by atoms with Crippen molar-refractivity contribution in [1.82, 2.24) is 0 Å². The molecular formula is C19H28ClNO4. The zero-order valence-corrected chi connectivity index (χ0v) is 16.2. The molecule has 1 aromatic rings. The lowest BCUT2D eigenvalue weighted by Crippen LogP contribution is -2.28. The minimum absolute atomic E-state index is 0.346. The molecule has 1 amide bonds. The van der Waals surface area contributed by atoms with Crippen molar-refractivity contribution >= 4 is 29.4 Å². The molecule has 1 rings (SSSR count). The van der Waals surface area contributed by atoms with Gasteiger partial charge in [-0.2, -0.15) is 0 Å². The van der Waals surface area contributed by atoms with Gasteiger partial charge in [-0.1, -0.05) is 44.7 Å². The summed E-state index contributed by atoms with van der Waals surface area (Å²) >= 11 is 5.64. The Balaban J connectivity index is 2.60. The van der Waals surface area contributed by atoms with Gasteiger partial charge < -0.3 is 9.47 Å². The van der Waals surface area contributed by atoms with Gasteiger partial charge in [0.2, 0.25) is 0 Å². The smallest absolute Gasteiger partial charge is 0.415 e. The van der Waals surface area contributed by atoms with Crippen molar-refractivity contribution in [3.63, 3.8) is 0 Å². The van der Waals surface area contributed by atoms with E-state index in [1.807, 2.05) is 0 Å². The molecule has 0 spiro atoms. The highest BCUT2D eigenvalue weighted by Crippen LogP contribution is 2.18. The van der Waals surface area contributed by atoms with Crippen molar-refractivity contribution in [3.05, 3.63) is 29.8 Å². The van der Waals surface area contributed by atoms with Crippen molar-refractivity contribution in [2.24, 2.45) is 5.92 Å². The molecule has 2 atom stereocenters. The van der Waals surface area contributed by atoms with Crippen molar-refractivity contribution in [2.75, 3.05) is 18.6 Å². The molecule has 25 heavy (non-hydrogen) atoms. The van der Waals surface area contributed by atoms with Gasteiger partial charge in [0.05, 0.1) is 12.2 Å². The van der Waals surface area contributed by atoms with Gasteiger partial charge in [-0.05, 0) is 43.5 Å². The van der Waals surface area contributed by atoms with Crippen LogP contribution in [0, 0.1) is 5.92 Å². The first-order valence-corrected chi connectivity index (χ1v) is 9.18. The number of ether oxygens (including phenoxy) is 2. The van der Waals surface area contributed by atoms with Gasteiger partial charge in [-0.25, -0.2) is 9.59 Å². The van der Waals surface area contributed by atoms with E-state index in [-0.39, 0.29) is 5.97 Å². The van der Waals surface area contributed by atoms with Crippen LogP contribution in [-0.2, 0) is 9.47 Å². The summed E-state index contributed by atoms with van der Waals surface area (Å²) < 4.78 is 10.3. The first-order valence-electron chi connectivity index (χ1n) is 8.74. The molecule has 6 heteroatoms. The lowest BCUT2D eigenvalue weighted by atomic mass is 10.0. The van der Waals surface area contributed by atoms with Crippen molar-refractivity contribution in [1.29, 1.82) is 0 Å². The van der Waals surface area contributed by atoms with Crippen LogP contribution in [0.5, 0.6) is 0 Å². The first kappa shape index (κ1) is 21.3. The third-order valence-electron chi connectivity index (χ3n) is 4.02. The second-order valence-corrected chi connectivity index (χ2v) is 6.66. The Morgan fingerprint density at radius 1 is 1.20 bits per heavy atom. The van der Waals surface area contributed by atoms with Crippen LogP contribution in [0.25, 0.3) is 0 Å². The number of benzene rings is 1. The molecule has 0 aliphatic heterocycles. The topological polar surface area (TPSA) is 55.8 Å². The fourth-order valence-corrected chi connectivity index (χ4v) is 2.40. The number of nitrogens with zero attached hydrogens (tertiary/aromatic N) is 1. The predicted molar refractivity (Wildman–Crippen MR) is 100 cm³/mol. The van der Waals surface area contributed by atoms with Gasteiger partial charge >= 0.3 is 12.1 Å². The molecule has 140 valence electrons. The number of halogens is 1. The molecule has 0 heterocycles. The minimum Gasteiger partial charge on any atom is -0.462 e. The van der Waals surface area contributed by atoms with E-state index in [1.54, 1.807) is 38.2 Å². The average Bonchev–Trinajstić information content (AvgIpc) is 2.60. The summed E-state index contributed by atoms with van der Waals surface area (Å²) in [5.74, 6) is 0.0581. The first-order chi connectivity index (χ1) is 11.9. The van der Waals surface area contributed by atoms with E-state index in [0.717, 1.165) is 25.7 Å². The van der Waals surface area contributed by atoms with Gasteiger partial charge in [0, 0.05) is 12.7 Å². The van der Waals surface area contributed by atoms with Crippen LogP contribution in [0.2, 0.25) is 0 Å². The van der Waals surface area contributed by atoms with Gasteiger partial charge in [-0.15, -0.1) is 0 Å². The third-order valence-corrected chi connectivity index (χ3v) is 4.11. The fraction of sp³-hybridized carbons (Fsp3) is 0.579. The van der Waals surface area contributed by atoms with Crippen LogP contribution < -0.4 is 4.90 Å². The minimum atomic E-state index is -0.705. The molecule has 0 saturated carbocycles. The van der Waals surface area contributed by atoms with Gasteiger partial charge in [0.25, 0.3) is 0 Å². The quantitative estimate of drug-likeness (QED) is 0.442. The Kier molecular flexibility index (Phi) is 9.35. The van der Waals surface area contributed by atoms with E-state index >= 15 is 0 Å². The lowest BCUT2D eigenvalue weighted by Gasteiger charge is -2.18. The molecule has 0 fully saturated rings. The lowest BCUT2D eigenvalue weighted by molar-refractivity contribution is 0.0428. The number of hydrogen-bond donors (Lipinski definition) is 0. The van der Waals surface area contributed by atoms with E-state index < -0.39 is 11.7 Å². The maximum Gasteiger partial charge on any atom is 0.415 e. The van der Waals surface area contributed by atoms with Crippen LogP contribution >= 0.6 is 11.6 Å². The molecule has 0 bridgehead atoms. The Morgan fingerprint density at radius 2 is 1.84 bits per heavy atom. The Hall–Kier alpha value is -1.75. The average molecular weight is 370 g/mol. The van der Waals surface area contributed by atoms with Crippen molar-refractivity contribution in [2.45, 2.75) is 52.0 Å². The molecular weight excluding hydrogens is 342 g/mol. The number of amides is 1. The molecule has 0 N–H and O–H groups in total. The zero-order chi connectivity index (χ0) is 18.8. The van der Waals surface area contributed by atoms with Crippen molar-refractivity contribution in [3.8, 4) is 0 Å². The zero-order valence-electron chi connectivity index (χ0n) is 15.5. The van der Waals surface area contributed by atoms with E-state index in [1.165, 1.54) is 4.90 Å². The summed E-state index contributed by atoms with van der Waals surface area (Å²) in [6.45, 7) is 6.27. The third kappa shape index (κ3) is 7.34. The number of alkyl halides is 1.